The summed E-state index contributed by atoms with van der Waals surface area (Å²) in [6, 6.07) is 8.36. The van der Waals surface area contributed by atoms with Crippen LogP contribution in [-0.4, -0.2) is 31.9 Å². The number of rotatable bonds is 2. The van der Waals surface area contributed by atoms with Crippen molar-refractivity contribution in [3.05, 3.63) is 51.3 Å². The maximum absolute atomic E-state index is 12.9. The van der Waals surface area contributed by atoms with Crippen molar-refractivity contribution < 1.29 is 4.79 Å². The molecule has 1 saturated heterocycles. The third kappa shape index (κ3) is 2.57. The number of aromatic nitrogens is 3. The molecule has 3 heterocycles. The van der Waals surface area contributed by atoms with E-state index in [0.29, 0.717) is 5.01 Å². The van der Waals surface area contributed by atoms with Gasteiger partial charge in [0.15, 0.2) is 0 Å². The smallest absolute Gasteiger partial charge is 0.285 e. The lowest BCUT2D eigenvalue weighted by atomic mass is 10.0. The van der Waals surface area contributed by atoms with Crippen molar-refractivity contribution in [1.82, 2.24) is 19.5 Å². The molecule has 1 aliphatic heterocycles. The zero-order valence-electron chi connectivity index (χ0n) is 12.6. The maximum Gasteiger partial charge on any atom is 0.285 e. The van der Waals surface area contributed by atoms with Gasteiger partial charge in [-0.3, -0.25) is 4.79 Å². The molecule has 118 valence electrons. The molecule has 7 heteroatoms. The Morgan fingerprint density at radius 2 is 2.13 bits per heavy atom. The summed E-state index contributed by atoms with van der Waals surface area (Å²) in [4.78, 5) is 20.0. The van der Waals surface area contributed by atoms with Crippen LogP contribution in [0.2, 0.25) is 0 Å². The van der Waals surface area contributed by atoms with Gasteiger partial charge in [-0.15, -0.1) is 5.10 Å². The molecule has 0 N–H and O–H groups in total. The lowest BCUT2D eigenvalue weighted by Gasteiger charge is -2.24. The molecule has 1 aromatic carbocycles. The van der Waals surface area contributed by atoms with Crippen LogP contribution in [-0.2, 0) is 0 Å². The van der Waals surface area contributed by atoms with E-state index in [1.54, 1.807) is 10.7 Å². The summed E-state index contributed by atoms with van der Waals surface area (Å²) < 4.78 is 2.79. The molecule has 0 radical (unpaired) electrons. The van der Waals surface area contributed by atoms with Gasteiger partial charge in [0, 0.05) is 11.0 Å². The summed E-state index contributed by atoms with van der Waals surface area (Å²) in [6.07, 6.45) is 3.79. The monoisotopic (exact) mass is 390 g/mol. The normalized spacial score (nSPS) is 18.0. The second-order valence-electron chi connectivity index (χ2n) is 5.67. The molecule has 23 heavy (non-hydrogen) atoms. The highest BCUT2D eigenvalue weighted by Crippen LogP contribution is 2.34. The number of carbonyl (C=O) groups excluding carboxylic acids is 1. The third-order valence-electron chi connectivity index (χ3n) is 4.22. The van der Waals surface area contributed by atoms with Crippen LogP contribution in [0, 0.1) is 6.92 Å². The molecule has 1 atom stereocenters. The van der Waals surface area contributed by atoms with Crippen molar-refractivity contribution >= 4 is 38.0 Å². The first-order chi connectivity index (χ1) is 11.1. The number of hydrogen-bond donors (Lipinski definition) is 0. The number of carbonyl (C=O) groups is 1. The first-order valence-corrected chi connectivity index (χ1v) is 9.12. The molecule has 5 nitrogen and oxygen atoms in total. The van der Waals surface area contributed by atoms with Gasteiger partial charge in [-0.1, -0.05) is 39.4 Å². The van der Waals surface area contributed by atoms with E-state index in [0.717, 1.165) is 34.5 Å². The third-order valence-corrected chi connectivity index (χ3v) is 5.69. The van der Waals surface area contributed by atoms with Crippen LogP contribution < -0.4 is 0 Å². The molecule has 1 fully saturated rings. The Labute approximate surface area is 146 Å². The minimum atomic E-state index is 0.0171. The zero-order chi connectivity index (χ0) is 16.0. The number of fused-ring (bicyclic) bond motifs is 1. The number of hydrogen-bond acceptors (Lipinski definition) is 4. The second kappa shape index (κ2) is 5.72. The first-order valence-electron chi connectivity index (χ1n) is 7.51. The van der Waals surface area contributed by atoms with Crippen LogP contribution in [0.25, 0.3) is 4.83 Å². The van der Waals surface area contributed by atoms with Gasteiger partial charge in [-0.05, 0) is 37.5 Å². The van der Waals surface area contributed by atoms with Crippen LogP contribution in [0.15, 0.2) is 34.9 Å². The SMILES string of the molecule is Cc1ncc2sc(C(=O)N3CCC[C@@H]3c3ccc(Br)cc3)nn12. The Bertz CT molecular complexity index is 870. The Kier molecular flexibility index (Phi) is 3.69. The Morgan fingerprint density at radius 3 is 2.87 bits per heavy atom. The highest BCUT2D eigenvalue weighted by molar-refractivity contribution is 9.10. The van der Waals surface area contributed by atoms with Crippen molar-refractivity contribution in [2.24, 2.45) is 0 Å². The summed E-state index contributed by atoms with van der Waals surface area (Å²) in [6.45, 7) is 2.67. The van der Waals surface area contributed by atoms with Gasteiger partial charge in [0.05, 0.1) is 12.2 Å². The molecular formula is C16H15BrN4OS. The predicted molar refractivity (Wildman–Crippen MR) is 92.8 cm³/mol. The molecule has 1 aliphatic rings. The van der Waals surface area contributed by atoms with E-state index >= 15 is 0 Å². The van der Waals surface area contributed by atoms with Crippen LogP contribution in [0.5, 0.6) is 0 Å². The number of nitrogens with zero attached hydrogens (tertiary/aromatic N) is 4. The van der Waals surface area contributed by atoms with Crippen molar-refractivity contribution in [3.8, 4) is 0 Å². The molecule has 0 aliphatic carbocycles. The maximum atomic E-state index is 12.9. The van der Waals surface area contributed by atoms with Gasteiger partial charge in [0.1, 0.15) is 10.7 Å². The van der Waals surface area contributed by atoms with E-state index in [-0.39, 0.29) is 11.9 Å². The van der Waals surface area contributed by atoms with E-state index in [4.69, 9.17) is 0 Å². The molecule has 4 rings (SSSR count). The van der Waals surface area contributed by atoms with Gasteiger partial charge in [0.25, 0.3) is 5.91 Å². The van der Waals surface area contributed by atoms with E-state index in [9.17, 15) is 4.79 Å². The number of benzene rings is 1. The number of imidazole rings is 1. The fourth-order valence-corrected chi connectivity index (χ4v) is 4.22. The first kappa shape index (κ1) is 14.8. The lowest BCUT2D eigenvalue weighted by Crippen LogP contribution is -2.30. The molecule has 2 aromatic heterocycles. The molecule has 0 spiro atoms. The van der Waals surface area contributed by atoms with Gasteiger partial charge < -0.3 is 4.90 Å². The van der Waals surface area contributed by atoms with E-state index in [1.165, 1.54) is 16.9 Å². The summed E-state index contributed by atoms with van der Waals surface area (Å²) >= 11 is 4.86. The number of aryl methyl sites for hydroxylation is 1. The van der Waals surface area contributed by atoms with E-state index in [2.05, 4.69) is 38.1 Å². The summed E-state index contributed by atoms with van der Waals surface area (Å²) in [5.41, 5.74) is 1.18. The van der Waals surface area contributed by atoms with Crippen LogP contribution in [0.1, 0.15) is 40.1 Å². The molecule has 0 bridgehead atoms. The Hall–Kier alpha value is -1.73. The standard InChI is InChI=1S/C16H15BrN4OS/c1-10-18-9-14-21(10)19-15(23-14)16(22)20-8-2-3-13(20)11-4-6-12(17)7-5-11/h4-7,9,13H,2-3,8H2,1H3/t13-/m1/s1. The van der Waals surface area contributed by atoms with Gasteiger partial charge >= 0.3 is 0 Å². The summed E-state index contributed by atoms with van der Waals surface area (Å²) in [5.74, 6) is 0.824. The fraction of sp³-hybridized carbons (Fsp3) is 0.312. The van der Waals surface area contributed by atoms with E-state index < -0.39 is 0 Å². The molecule has 0 unspecified atom stereocenters. The predicted octanol–water partition coefficient (Wildman–Crippen LogP) is 3.84. The molecule has 3 aromatic rings. The van der Waals surface area contributed by atoms with Gasteiger partial charge in [0.2, 0.25) is 5.01 Å². The Balaban J connectivity index is 1.64. The average Bonchev–Trinajstić information content (AvgIpc) is 3.25. The highest BCUT2D eigenvalue weighted by Gasteiger charge is 2.32. The minimum Gasteiger partial charge on any atom is -0.329 e. The minimum absolute atomic E-state index is 0.0171. The summed E-state index contributed by atoms with van der Waals surface area (Å²) in [5, 5.41) is 4.97. The number of amides is 1. The van der Waals surface area contributed by atoms with Crippen molar-refractivity contribution in [2.45, 2.75) is 25.8 Å². The van der Waals surface area contributed by atoms with Gasteiger partial charge in [-0.2, -0.15) is 0 Å². The lowest BCUT2D eigenvalue weighted by molar-refractivity contribution is 0.0734. The number of likely N-dealkylation sites (tertiary alicyclic amines) is 1. The fourth-order valence-electron chi connectivity index (χ4n) is 3.07. The largest absolute Gasteiger partial charge is 0.329 e. The highest BCUT2D eigenvalue weighted by atomic mass is 79.9. The Morgan fingerprint density at radius 1 is 1.35 bits per heavy atom. The molecule has 0 saturated carbocycles. The van der Waals surface area contributed by atoms with Crippen LogP contribution in [0.4, 0.5) is 0 Å². The van der Waals surface area contributed by atoms with Crippen molar-refractivity contribution in [3.63, 3.8) is 0 Å². The van der Waals surface area contributed by atoms with Crippen LogP contribution >= 0.6 is 27.3 Å². The average molecular weight is 391 g/mol. The van der Waals surface area contributed by atoms with Gasteiger partial charge in [-0.25, -0.2) is 9.50 Å². The number of halogens is 1. The quantitative estimate of drug-likeness (QED) is 0.667. The topological polar surface area (TPSA) is 50.5 Å². The second-order valence-corrected chi connectivity index (χ2v) is 7.60. The van der Waals surface area contributed by atoms with Crippen LogP contribution in [0.3, 0.4) is 0 Å². The molecule has 1 amide bonds. The molecular weight excluding hydrogens is 376 g/mol. The van der Waals surface area contributed by atoms with Crippen molar-refractivity contribution in [1.29, 1.82) is 0 Å². The summed E-state index contributed by atoms with van der Waals surface area (Å²) in [7, 11) is 0. The zero-order valence-corrected chi connectivity index (χ0v) is 15.0. The van der Waals surface area contributed by atoms with Crippen molar-refractivity contribution in [2.75, 3.05) is 6.54 Å². The van der Waals surface area contributed by atoms with E-state index in [1.807, 2.05) is 24.0 Å².